The van der Waals surface area contributed by atoms with Crippen LogP contribution in [0.4, 0.5) is 0 Å². The average Bonchev–Trinajstić information content (AvgIpc) is 3.08. The van der Waals surface area contributed by atoms with Gasteiger partial charge in [0, 0.05) is 5.56 Å². The summed E-state index contributed by atoms with van der Waals surface area (Å²) < 4.78 is 7.73. The molecule has 0 aliphatic rings. The van der Waals surface area contributed by atoms with Gasteiger partial charge in [0.05, 0.1) is 36.7 Å². The van der Waals surface area contributed by atoms with Gasteiger partial charge in [-0.3, -0.25) is 0 Å². The van der Waals surface area contributed by atoms with Gasteiger partial charge >= 0.3 is 0 Å². The summed E-state index contributed by atoms with van der Waals surface area (Å²) in [5.41, 5.74) is 3.39. The van der Waals surface area contributed by atoms with Gasteiger partial charge in [-0.1, -0.05) is 19.1 Å². The van der Waals surface area contributed by atoms with E-state index in [0.29, 0.717) is 0 Å². The summed E-state index contributed by atoms with van der Waals surface area (Å²) >= 11 is 0. The Kier molecular flexibility index (Phi) is 3.83. The van der Waals surface area contributed by atoms with Crippen molar-refractivity contribution in [1.29, 1.82) is 0 Å². The van der Waals surface area contributed by atoms with E-state index in [1.54, 1.807) is 6.26 Å². The van der Waals surface area contributed by atoms with Gasteiger partial charge < -0.3 is 14.3 Å². The molecule has 0 saturated carbocycles. The van der Waals surface area contributed by atoms with E-state index in [4.69, 9.17) is 4.42 Å². The van der Waals surface area contributed by atoms with Gasteiger partial charge in [-0.25, -0.2) is 4.98 Å². The highest BCUT2D eigenvalue weighted by molar-refractivity contribution is 5.75. The van der Waals surface area contributed by atoms with Crippen LogP contribution in [0, 0.1) is 0 Å². The Morgan fingerprint density at radius 2 is 2.15 bits per heavy atom. The largest absolute Gasteiger partial charge is 0.468 e. The Bertz CT molecular complexity index is 684. The van der Waals surface area contributed by atoms with E-state index in [9.17, 15) is 0 Å². The molecule has 2 heterocycles. The van der Waals surface area contributed by atoms with Crippen LogP contribution >= 0.6 is 0 Å². The molecule has 0 aliphatic carbocycles. The maximum atomic E-state index is 5.58. The minimum absolute atomic E-state index is 0.781. The van der Waals surface area contributed by atoms with Crippen molar-refractivity contribution in [3.63, 3.8) is 0 Å². The maximum Gasteiger partial charge on any atom is 0.122 e. The molecule has 3 aromatic rings. The van der Waals surface area contributed by atoms with Crippen LogP contribution in [0.2, 0.25) is 0 Å². The molecule has 4 heteroatoms. The Balaban J connectivity index is 1.79. The standard InChI is InChI=1S/C16H19N3O/c1-2-8-17-10-16-13(7-9-20-16)11-19-12-18-14-5-3-4-6-15(14)19/h3-7,9,12,17H,2,8,10-11H2,1H3. The zero-order chi connectivity index (χ0) is 13.8. The topological polar surface area (TPSA) is 43.0 Å². The number of furan rings is 1. The zero-order valence-electron chi connectivity index (χ0n) is 11.7. The first-order valence-electron chi connectivity index (χ1n) is 7.04. The summed E-state index contributed by atoms with van der Waals surface area (Å²) in [6, 6.07) is 10.2. The number of rotatable bonds is 6. The summed E-state index contributed by atoms with van der Waals surface area (Å²) in [5.74, 6) is 1.01. The highest BCUT2D eigenvalue weighted by atomic mass is 16.3. The van der Waals surface area contributed by atoms with Crippen molar-refractivity contribution in [3.05, 3.63) is 54.2 Å². The molecule has 0 aliphatic heterocycles. The van der Waals surface area contributed by atoms with Gasteiger partial charge in [-0.2, -0.15) is 0 Å². The predicted octanol–water partition coefficient (Wildman–Crippen LogP) is 3.18. The summed E-state index contributed by atoms with van der Waals surface area (Å²) in [7, 11) is 0. The molecule has 104 valence electrons. The molecule has 1 aromatic carbocycles. The molecule has 0 unspecified atom stereocenters. The number of nitrogens with zero attached hydrogens (tertiary/aromatic N) is 2. The molecular formula is C16H19N3O. The van der Waals surface area contributed by atoms with Crippen LogP contribution in [-0.4, -0.2) is 16.1 Å². The highest BCUT2D eigenvalue weighted by Gasteiger charge is 2.08. The minimum Gasteiger partial charge on any atom is -0.468 e. The lowest BCUT2D eigenvalue weighted by Gasteiger charge is -2.06. The van der Waals surface area contributed by atoms with Crippen LogP contribution < -0.4 is 5.32 Å². The SMILES string of the molecule is CCCNCc1occc1Cn1cnc2ccccc21. The van der Waals surface area contributed by atoms with Crippen LogP contribution in [0.5, 0.6) is 0 Å². The number of aromatic nitrogens is 2. The highest BCUT2D eigenvalue weighted by Crippen LogP contribution is 2.17. The number of hydrogen-bond donors (Lipinski definition) is 1. The Labute approximate surface area is 118 Å². The molecule has 20 heavy (non-hydrogen) atoms. The molecule has 0 radical (unpaired) electrons. The number of benzene rings is 1. The van der Waals surface area contributed by atoms with Gasteiger partial charge in [0.1, 0.15) is 5.76 Å². The first kappa shape index (κ1) is 12.9. The van der Waals surface area contributed by atoms with Gasteiger partial charge in [0.15, 0.2) is 0 Å². The fourth-order valence-corrected chi connectivity index (χ4v) is 2.36. The monoisotopic (exact) mass is 269 g/mol. The van der Waals surface area contributed by atoms with Crippen molar-refractivity contribution >= 4 is 11.0 Å². The molecule has 3 rings (SSSR count). The first-order valence-corrected chi connectivity index (χ1v) is 7.04. The molecule has 0 bridgehead atoms. The average molecular weight is 269 g/mol. The zero-order valence-corrected chi connectivity index (χ0v) is 11.7. The lowest BCUT2D eigenvalue weighted by atomic mass is 10.2. The lowest BCUT2D eigenvalue weighted by Crippen LogP contribution is -2.14. The van der Waals surface area contributed by atoms with E-state index < -0.39 is 0 Å². The van der Waals surface area contributed by atoms with E-state index in [2.05, 4.69) is 27.9 Å². The Hall–Kier alpha value is -2.07. The molecule has 0 amide bonds. The molecule has 0 fully saturated rings. The van der Waals surface area contributed by atoms with Crippen LogP contribution in [0.25, 0.3) is 11.0 Å². The third-order valence-corrected chi connectivity index (χ3v) is 3.42. The maximum absolute atomic E-state index is 5.58. The van der Waals surface area contributed by atoms with E-state index >= 15 is 0 Å². The molecule has 0 spiro atoms. The van der Waals surface area contributed by atoms with Crippen LogP contribution in [0.3, 0.4) is 0 Å². The Morgan fingerprint density at radius 3 is 3.05 bits per heavy atom. The number of imidazole rings is 1. The molecule has 0 atom stereocenters. The van der Waals surface area contributed by atoms with Gasteiger partial charge in [0.2, 0.25) is 0 Å². The summed E-state index contributed by atoms with van der Waals surface area (Å²) in [6.45, 7) is 4.74. The van der Waals surface area contributed by atoms with Gasteiger partial charge in [-0.15, -0.1) is 0 Å². The van der Waals surface area contributed by atoms with Gasteiger partial charge in [0.25, 0.3) is 0 Å². The fraction of sp³-hybridized carbons (Fsp3) is 0.312. The molecule has 4 nitrogen and oxygen atoms in total. The third kappa shape index (κ3) is 2.60. The quantitative estimate of drug-likeness (QED) is 0.699. The predicted molar refractivity (Wildman–Crippen MR) is 79.5 cm³/mol. The smallest absolute Gasteiger partial charge is 0.122 e. The van der Waals surface area contributed by atoms with Crippen molar-refractivity contribution in [2.45, 2.75) is 26.4 Å². The molecule has 0 saturated heterocycles. The number of nitrogens with one attached hydrogen (secondary N) is 1. The van der Waals surface area contributed by atoms with Crippen molar-refractivity contribution in [2.24, 2.45) is 0 Å². The van der Waals surface area contributed by atoms with Crippen molar-refractivity contribution in [3.8, 4) is 0 Å². The van der Waals surface area contributed by atoms with E-state index in [0.717, 1.165) is 42.8 Å². The van der Waals surface area contributed by atoms with Gasteiger partial charge in [-0.05, 0) is 31.2 Å². The van der Waals surface area contributed by atoms with Crippen molar-refractivity contribution in [1.82, 2.24) is 14.9 Å². The number of fused-ring (bicyclic) bond motifs is 1. The fourth-order valence-electron chi connectivity index (χ4n) is 2.36. The lowest BCUT2D eigenvalue weighted by molar-refractivity contribution is 0.477. The number of hydrogen-bond acceptors (Lipinski definition) is 3. The second kappa shape index (κ2) is 5.92. The second-order valence-electron chi connectivity index (χ2n) is 4.91. The second-order valence-corrected chi connectivity index (χ2v) is 4.91. The van der Waals surface area contributed by atoms with Crippen LogP contribution in [0.1, 0.15) is 24.7 Å². The van der Waals surface area contributed by atoms with Crippen molar-refractivity contribution in [2.75, 3.05) is 6.54 Å². The molecule has 2 aromatic heterocycles. The van der Waals surface area contributed by atoms with Crippen LogP contribution in [0.15, 0.2) is 47.3 Å². The van der Waals surface area contributed by atoms with E-state index in [1.807, 2.05) is 30.6 Å². The van der Waals surface area contributed by atoms with Crippen LogP contribution in [-0.2, 0) is 13.1 Å². The molecule has 1 N–H and O–H groups in total. The minimum atomic E-state index is 0.781. The third-order valence-electron chi connectivity index (χ3n) is 3.42. The van der Waals surface area contributed by atoms with Crippen molar-refractivity contribution < 1.29 is 4.42 Å². The molecular weight excluding hydrogens is 250 g/mol. The normalized spacial score (nSPS) is 11.2. The Morgan fingerprint density at radius 1 is 1.25 bits per heavy atom. The summed E-state index contributed by atoms with van der Waals surface area (Å²) in [6.07, 6.45) is 4.78. The summed E-state index contributed by atoms with van der Waals surface area (Å²) in [4.78, 5) is 4.42. The number of para-hydroxylation sites is 2. The van der Waals surface area contributed by atoms with E-state index in [-0.39, 0.29) is 0 Å². The van der Waals surface area contributed by atoms with E-state index in [1.165, 1.54) is 5.56 Å². The summed E-state index contributed by atoms with van der Waals surface area (Å²) in [5, 5.41) is 3.38. The first-order chi connectivity index (χ1) is 9.88.